The fourth-order valence-corrected chi connectivity index (χ4v) is 4.74. The molecule has 0 fully saturated rings. The van der Waals surface area contributed by atoms with Crippen LogP contribution < -0.4 is 0 Å². The first-order valence-corrected chi connectivity index (χ1v) is 11.6. The fourth-order valence-electron chi connectivity index (χ4n) is 3.97. The highest BCUT2D eigenvalue weighted by Crippen LogP contribution is 2.37. The number of para-hydroxylation sites is 2. The Labute approximate surface area is 190 Å². The van der Waals surface area contributed by atoms with Crippen molar-refractivity contribution in [2.24, 2.45) is 0 Å². The molecule has 32 heavy (non-hydrogen) atoms. The zero-order valence-corrected chi connectivity index (χ0v) is 18.4. The van der Waals surface area contributed by atoms with Crippen molar-refractivity contribution >= 4 is 39.7 Å². The van der Waals surface area contributed by atoms with Crippen LogP contribution in [0.15, 0.2) is 95.4 Å². The first-order chi connectivity index (χ1) is 15.6. The summed E-state index contributed by atoms with van der Waals surface area (Å²) in [6.07, 6.45) is 0. The number of rotatable bonds is 6. The van der Waals surface area contributed by atoms with Gasteiger partial charge in [0.25, 0.3) is 0 Å². The summed E-state index contributed by atoms with van der Waals surface area (Å²) in [4.78, 5) is 11.1. The molecule has 4 heteroatoms. The first kappa shape index (κ1) is 20.4. The first-order valence-electron chi connectivity index (χ1n) is 10.5. The van der Waals surface area contributed by atoms with Crippen LogP contribution in [-0.2, 0) is 10.5 Å². The van der Waals surface area contributed by atoms with E-state index in [1.165, 1.54) is 11.8 Å². The lowest BCUT2D eigenvalue weighted by Gasteiger charge is -2.10. The van der Waals surface area contributed by atoms with E-state index in [1.807, 2.05) is 30.3 Å². The lowest BCUT2D eigenvalue weighted by molar-refractivity contribution is -0.136. The second-order valence-electron chi connectivity index (χ2n) is 7.85. The summed E-state index contributed by atoms with van der Waals surface area (Å²) >= 11 is 1.43. The zero-order chi connectivity index (χ0) is 22.1. The standard InChI is InChI=1S/C28H22O3S/c1-18(28(29)30)32-17-19-7-4-8-20(15-19)21-9-5-10-22(16-21)23-12-6-13-25-24-11-2-3-14-26(24)31-27(23)25/h2-16,18H,17H2,1H3,(H,29,30). The van der Waals surface area contributed by atoms with Gasteiger partial charge in [-0.25, -0.2) is 0 Å². The van der Waals surface area contributed by atoms with Crippen LogP contribution in [-0.4, -0.2) is 16.3 Å². The quantitative estimate of drug-likeness (QED) is 0.296. The van der Waals surface area contributed by atoms with Crippen molar-refractivity contribution < 1.29 is 14.3 Å². The van der Waals surface area contributed by atoms with Crippen molar-refractivity contribution in [3.63, 3.8) is 0 Å². The predicted octanol–water partition coefficient (Wildman–Crippen LogP) is 7.63. The maximum atomic E-state index is 11.1. The van der Waals surface area contributed by atoms with Crippen LogP contribution in [0.25, 0.3) is 44.2 Å². The number of thioether (sulfide) groups is 1. The smallest absolute Gasteiger partial charge is 0.316 e. The molecule has 1 unspecified atom stereocenters. The molecule has 4 aromatic carbocycles. The Hall–Kier alpha value is -3.50. The monoisotopic (exact) mass is 438 g/mol. The molecule has 0 aliphatic heterocycles. The molecule has 0 radical (unpaired) electrons. The summed E-state index contributed by atoms with van der Waals surface area (Å²) in [5.74, 6) is -0.113. The maximum Gasteiger partial charge on any atom is 0.316 e. The lowest BCUT2D eigenvalue weighted by atomic mass is 9.97. The van der Waals surface area contributed by atoms with Crippen LogP contribution in [0.5, 0.6) is 0 Å². The Morgan fingerprint density at radius 2 is 1.53 bits per heavy atom. The van der Waals surface area contributed by atoms with E-state index in [9.17, 15) is 4.79 Å². The molecule has 5 rings (SSSR count). The number of furan rings is 1. The number of carboxylic acid groups (broad SMARTS) is 1. The van der Waals surface area contributed by atoms with Gasteiger partial charge in [-0.1, -0.05) is 78.9 Å². The molecule has 0 aliphatic carbocycles. The van der Waals surface area contributed by atoms with E-state index in [2.05, 4.69) is 60.7 Å². The van der Waals surface area contributed by atoms with E-state index in [0.717, 1.165) is 49.8 Å². The molecule has 0 bridgehead atoms. The number of hydrogen-bond acceptors (Lipinski definition) is 3. The Kier molecular flexibility index (Phi) is 5.46. The Morgan fingerprint density at radius 3 is 2.38 bits per heavy atom. The summed E-state index contributed by atoms with van der Waals surface area (Å²) in [6, 6.07) is 31.2. The van der Waals surface area contributed by atoms with Gasteiger partial charge in [0, 0.05) is 22.1 Å². The van der Waals surface area contributed by atoms with Gasteiger partial charge in [-0.2, -0.15) is 0 Å². The van der Waals surface area contributed by atoms with E-state index in [1.54, 1.807) is 6.92 Å². The van der Waals surface area contributed by atoms with Crippen molar-refractivity contribution in [2.45, 2.75) is 17.9 Å². The number of carbonyl (C=O) groups is 1. The number of hydrogen-bond donors (Lipinski definition) is 1. The summed E-state index contributed by atoms with van der Waals surface area (Å²) < 4.78 is 6.23. The van der Waals surface area contributed by atoms with Crippen molar-refractivity contribution in [3.05, 3.63) is 96.6 Å². The highest BCUT2D eigenvalue weighted by Gasteiger charge is 2.13. The summed E-state index contributed by atoms with van der Waals surface area (Å²) in [7, 11) is 0. The third kappa shape index (κ3) is 3.90. The van der Waals surface area contributed by atoms with E-state index < -0.39 is 11.2 Å². The average molecular weight is 439 g/mol. The minimum Gasteiger partial charge on any atom is -0.480 e. The van der Waals surface area contributed by atoms with Crippen molar-refractivity contribution in [2.75, 3.05) is 0 Å². The molecule has 0 spiro atoms. The Bertz CT molecular complexity index is 1430. The van der Waals surface area contributed by atoms with Crippen molar-refractivity contribution in [1.82, 2.24) is 0 Å². The average Bonchev–Trinajstić information content (AvgIpc) is 3.21. The van der Waals surface area contributed by atoms with Crippen LogP contribution in [0.2, 0.25) is 0 Å². The van der Waals surface area contributed by atoms with Gasteiger partial charge in [-0.15, -0.1) is 11.8 Å². The van der Waals surface area contributed by atoms with Crippen LogP contribution in [0.1, 0.15) is 12.5 Å². The van der Waals surface area contributed by atoms with Gasteiger partial charge in [0.2, 0.25) is 0 Å². The summed E-state index contributed by atoms with van der Waals surface area (Å²) in [6.45, 7) is 1.72. The molecule has 0 saturated carbocycles. The number of benzene rings is 4. The van der Waals surface area contributed by atoms with Gasteiger partial charge < -0.3 is 9.52 Å². The maximum absolute atomic E-state index is 11.1. The summed E-state index contributed by atoms with van der Waals surface area (Å²) in [5, 5.41) is 10.9. The molecule has 3 nitrogen and oxygen atoms in total. The largest absolute Gasteiger partial charge is 0.480 e. The van der Waals surface area contributed by atoms with Gasteiger partial charge >= 0.3 is 5.97 Å². The minimum atomic E-state index is -0.779. The van der Waals surface area contributed by atoms with Gasteiger partial charge in [0.1, 0.15) is 11.2 Å². The number of carboxylic acids is 1. The van der Waals surface area contributed by atoms with Gasteiger partial charge in [-0.05, 0) is 41.3 Å². The van der Waals surface area contributed by atoms with Gasteiger partial charge in [0.15, 0.2) is 0 Å². The van der Waals surface area contributed by atoms with E-state index >= 15 is 0 Å². The Balaban J connectivity index is 1.51. The SMILES string of the molecule is CC(SCc1cccc(-c2cccc(-c3cccc4c3oc3ccccc34)c2)c1)C(=O)O. The lowest BCUT2D eigenvalue weighted by Crippen LogP contribution is -2.11. The van der Waals surface area contributed by atoms with Gasteiger partial charge in [0.05, 0.1) is 5.25 Å². The third-order valence-electron chi connectivity index (χ3n) is 5.69. The van der Waals surface area contributed by atoms with Crippen LogP contribution in [0.3, 0.4) is 0 Å². The minimum absolute atomic E-state index is 0.425. The molecule has 1 N–H and O–H groups in total. The van der Waals surface area contributed by atoms with E-state index in [4.69, 9.17) is 9.52 Å². The van der Waals surface area contributed by atoms with E-state index in [0.29, 0.717) is 5.75 Å². The zero-order valence-electron chi connectivity index (χ0n) is 17.6. The van der Waals surface area contributed by atoms with Crippen LogP contribution in [0.4, 0.5) is 0 Å². The number of fused-ring (bicyclic) bond motifs is 3. The Morgan fingerprint density at radius 1 is 0.844 bits per heavy atom. The molecular formula is C28H22O3S. The molecule has 5 aromatic rings. The van der Waals surface area contributed by atoms with Crippen molar-refractivity contribution in [1.29, 1.82) is 0 Å². The number of aliphatic carboxylic acids is 1. The summed E-state index contributed by atoms with van der Waals surface area (Å²) in [5.41, 5.74) is 7.32. The molecule has 0 amide bonds. The second-order valence-corrected chi connectivity index (χ2v) is 9.18. The van der Waals surface area contributed by atoms with E-state index in [-0.39, 0.29) is 0 Å². The molecule has 0 saturated heterocycles. The molecular weight excluding hydrogens is 416 g/mol. The van der Waals surface area contributed by atoms with Crippen LogP contribution in [0, 0.1) is 0 Å². The third-order valence-corrected chi connectivity index (χ3v) is 6.89. The molecule has 1 aromatic heterocycles. The van der Waals surface area contributed by atoms with Crippen LogP contribution >= 0.6 is 11.8 Å². The predicted molar refractivity (Wildman–Crippen MR) is 133 cm³/mol. The second kappa shape index (κ2) is 8.56. The van der Waals surface area contributed by atoms with Crippen molar-refractivity contribution in [3.8, 4) is 22.3 Å². The molecule has 1 heterocycles. The van der Waals surface area contributed by atoms with Gasteiger partial charge in [-0.3, -0.25) is 4.79 Å². The highest BCUT2D eigenvalue weighted by molar-refractivity contribution is 7.99. The fraction of sp³-hybridized carbons (Fsp3) is 0.107. The molecule has 158 valence electrons. The molecule has 0 aliphatic rings. The highest BCUT2D eigenvalue weighted by atomic mass is 32.2. The molecule has 1 atom stereocenters. The topological polar surface area (TPSA) is 50.4 Å². The normalized spacial score (nSPS) is 12.3.